The molecule has 0 fully saturated rings. The van der Waals surface area contributed by atoms with E-state index in [1.165, 1.54) is 0 Å². The van der Waals surface area contributed by atoms with Gasteiger partial charge < -0.3 is 14.8 Å². The molecule has 4 heteroatoms. The number of pyridine rings is 1. The number of ether oxygens (including phenoxy) is 2. The van der Waals surface area contributed by atoms with Gasteiger partial charge in [-0.25, -0.2) is 0 Å². The molecule has 0 aliphatic carbocycles. The summed E-state index contributed by atoms with van der Waals surface area (Å²) in [5, 5.41) is 3.29. The summed E-state index contributed by atoms with van der Waals surface area (Å²) in [4.78, 5) is 4.10. The monoisotopic (exact) mass is 252 g/mol. The zero-order chi connectivity index (χ0) is 13.4. The van der Waals surface area contributed by atoms with Crippen molar-refractivity contribution in [1.29, 1.82) is 0 Å². The predicted octanol–water partition coefficient (Wildman–Crippen LogP) is 2.39. The number of nitrogens with zero attached hydrogens (tertiary/aromatic N) is 1. The van der Waals surface area contributed by atoms with Crippen molar-refractivity contribution < 1.29 is 9.47 Å². The van der Waals surface area contributed by atoms with Crippen LogP contribution in [0.1, 0.15) is 32.8 Å². The molecule has 0 aromatic carbocycles. The Balaban J connectivity index is 2.51. The Labute approximate surface area is 110 Å². The van der Waals surface area contributed by atoms with Crippen LogP contribution >= 0.6 is 0 Å². The SMILES string of the molecule is CCNCc1ccncc1OCCC(C)(C)OC. The molecule has 1 heterocycles. The molecule has 0 aliphatic rings. The Morgan fingerprint density at radius 3 is 2.83 bits per heavy atom. The molecular weight excluding hydrogens is 228 g/mol. The molecule has 1 aromatic rings. The van der Waals surface area contributed by atoms with Crippen molar-refractivity contribution in [2.45, 2.75) is 39.3 Å². The second kappa shape index (κ2) is 7.34. The van der Waals surface area contributed by atoms with Crippen LogP contribution in [0.2, 0.25) is 0 Å². The van der Waals surface area contributed by atoms with Gasteiger partial charge in [0.1, 0.15) is 5.75 Å². The quantitative estimate of drug-likeness (QED) is 0.771. The van der Waals surface area contributed by atoms with Gasteiger partial charge in [0, 0.05) is 31.8 Å². The lowest BCUT2D eigenvalue weighted by molar-refractivity contribution is 0.00534. The van der Waals surface area contributed by atoms with E-state index in [9.17, 15) is 0 Å². The summed E-state index contributed by atoms with van der Waals surface area (Å²) in [7, 11) is 1.72. The van der Waals surface area contributed by atoms with Gasteiger partial charge >= 0.3 is 0 Å². The van der Waals surface area contributed by atoms with Gasteiger partial charge in [0.25, 0.3) is 0 Å². The molecule has 1 N–H and O–H groups in total. The fourth-order valence-electron chi connectivity index (χ4n) is 1.45. The topological polar surface area (TPSA) is 43.4 Å². The number of methoxy groups -OCH3 is 1. The third-order valence-electron chi connectivity index (χ3n) is 2.95. The number of hydrogen-bond acceptors (Lipinski definition) is 4. The number of aromatic nitrogens is 1. The van der Waals surface area contributed by atoms with Crippen LogP contribution in [0, 0.1) is 0 Å². The second-order valence-corrected chi connectivity index (χ2v) is 4.83. The molecule has 0 bridgehead atoms. The number of nitrogens with one attached hydrogen (secondary N) is 1. The van der Waals surface area contributed by atoms with Crippen molar-refractivity contribution in [2.75, 3.05) is 20.3 Å². The number of rotatable bonds is 8. The largest absolute Gasteiger partial charge is 0.492 e. The van der Waals surface area contributed by atoms with E-state index >= 15 is 0 Å². The smallest absolute Gasteiger partial charge is 0.142 e. The summed E-state index contributed by atoms with van der Waals surface area (Å²) in [5.41, 5.74) is 0.992. The maximum absolute atomic E-state index is 5.79. The zero-order valence-corrected chi connectivity index (χ0v) is 11.8. The average Bonchev–Trinajstić information content (AvgIpc) is 2.37. The molecule has 4 nitrogen and oxygen atoms in total. The van der Waals surface area contributed by atoms with E-state index in [4.69, 9.17) is 9.47 Å². The van der Waals surface area contributed by atoms with Crippen LogP contribution in [0.4, 0.5) is 0 Å². The third kappa shape index (κ3) is 5.02. The van der Waals surface area contributed by atoms with Crippen molar-refractivity contribution in [2.24, 2.45) is 0 Å². The molecular formula is C14H24N2O2. The molecule has 1 rings (SSSR count). The van der Waals surface area contributed by atoms with E-state index < -0.39 is 0 Å². The van der Waals surface area contributed by atoms with Gasteiger partial charge in [-0.3, -0.25) is 4.98 Å². The van der Waals surface area contributed by atoms with Gasteiger partial charge in [-0.1, -0.05) is 6.92 Å². The highest BCUT2D eigenvalue weighted by molar-refractivity contribution is 5.29. The number of hydrogen-bond donors (Lipinski definition) is 1. The van der Waals surface area contributed by atoms with Crippen molar-refractivity contribution >= 4 is 0 Å². The standard InChI is InChI=1S/C14H24N2O2/c1-5-15-10-12-6-8-16-11-13(12)18-9-7-14(2,3)17-4/h6,8,11,15H,5,7,9-10H2,1-4H3. The maximum Gasteiger partial charge on any atom is 0.142 e. The maximum atomic E-state index is 5.79. The molecule has 0 amide bonds. The summed E-state index contributed by atoms with van der Waals surface area (Å²) >= 11 is 0. The first-order valence-electron chi connectivity index (χ1n) is 6.40. The minimum atomic E-state index is -0.149. The molecule has 102 valence electrons. The van der Waals surface area contributed by atoms with E-state index in [0.29, 0.717) is 6.61 Å². The van der Waals surface area contributed by atoms with Gasteiger partial charge in [0.2, 0.25) is 0 Å². The third-order valence-corrected chi connectivity index (χ3v) is 2.95. The fourth-order valence-corrected chi connectivity index (χ4v) is 1.45. The van der Waals surface area contributed by atoms with Crippen molar-refractivity contribution in [3.05, 3.63) is 24.0 Å². The van der Waals surface area contributed by atoms with E-state index in [1.807, 2.05) is 6.07 Å². The van der Waals surface area contributed by atoms with Crippen LogP contribution < -0.4 is 10.1 Å². The molecule has 18 heavy (non-hydrogen) atoms. The first-order chi connectivity index (χ1) is 8.59. The summed E-state index contributed by atoms with van der Waals surface area (Å²) in [6.45, 7) is 8.58. The average molecular weight is 252 g/mol. The minimum Gasteiger partial charge on any atom is -0.492 e. The van der Waals surface area contributed by atoms with Gasteiger partial charge in [-0.05, 0) is 26.5 Å². The molecule has 0 radical (unpaired) electrons. The van der Waals surface area contributed by atoms with Crippen LogP contribution in [0.5, 0.6) is 5.75 Å². The first kappa shape index (κ1) is 14.9. The summed E-state index contributed by atoms with van der Waals surface area (Å²) < 4.78 is 11.2. The highest BCUT2D eigenvalue weighted by Crippen LogP contribution is 2.18. The van der Waals surface area contributed by atoms with Crippen molar-refractivity contribution in [3.8, 4) is 5.75 Å². The van der Waals surface area contributed by atoms with Crippen LogP contribution in [0.15, 0.2) is 18.5 Å². The molecule has 0 saturated heterocycles. The normalized spacial score (nSPS) is 11.6. The summed E-state index contributed by atoms with van der Waals surface area (Å²) in [6, 6.07) is 1.99. The highest BCUT2D eigenvalue weighted by Gasteiger charge is 2.16. The van der Waals surface area contributed by atoms with E-state index in [1.54, 1.807) is 19.5 Å². The van der Waals surface area contributed by atoms with Crippen LogP contribution in [-0.4, -0.2) is 30.8 Å². The first-order valence-corrected chi connectivity index (χ1v) is 6.40. The summed E-state index contributed by atoms with van der Waals surface area (Å²) in [6.07, 6.45) is 4.41. The van der Waals surface area contributed by atoms with E-state index in [2.05, 4.69) is 31.1 Å². The predicted molar refractivity (Wildman–Crippen MR) is 72.8 cm³/mol. The molecule has 0 unspecified atom stereocenters. The molecule has 0 spiro atoms. The Bertz CT molecular complexity index is 353. The van der Waals surface area contributed by atoms with Crippen LogP contribution in [0.25, 0.3) is 0 Å². The Morgan fingerprint density at radius 1 is 1.39 bits per heavy atom. The molecule has 0 aliphatic heterocycles. The van der Waals surface area contributed by atoms with Crippen LogP contribution in [-0.2, 0) is 11.3 Å². The summed E-state index contributed by atoms with van der Waals surface area (Å²) in [5.74, 6) is 0.852. The van der Waals surface area contributed by atoms with Gasteiger partial charge in [-0.2, -0.15) is 0 Å². The molecule has 0 atom stereocenters. The lowest BCUT2D eigenvalue weighted by Gasteiger charge is -2.23. The van der Waals surface area contributed by atoms with E-state index in [-0.39, 0.29) is 5.60 Å². The minimum absolute atomic E-state index is 0.149. The van der Waals surface area contributed by atoms with Crippen LogP contribution in [0.3, 0.4) is 0 Å². The van der Waals surface area contributed by atoms with Crippen molar-refractivity contribution in [3.63, 3.8) is 0 Å². The fraction of sp³-hybridized carbons (Fsp3) is 0.643. The Kier molecular flexibility index (Phi) is 6.09. The van der Waals surface area contributed by atoms with Crippen molar-refractivity contribution in [1.82, 2.24) is 10.3 Å². The zero-order valence-electron chi connectivity index (χ0n) is 11.8. The highest BCUT2D eigenvalue weighted by atomic mass is 16.5. The van der Waals surface area contributed by atoms with Gasteiger partial charge in [-0.15, -0.1) is 0 Å². The van der Waals surface area contributed by atoms with Gasteiger partial charge in [0.15, 0.2) is 0 Å². The molecule has 0 saturated carbocycles. The second-order valence-electron chi connectivity index (χ2n) is 4.83. The van der Waals surface area contributed by atoms with E-state index in [0.717, 1.165) is 30.8 Å². The Morgan fingerprint density at radius 2 is 2.17 bits per heavy atom. The lowest BCUT2D eigenvalue weighted by Crippen LogP contribution is -2.25. The molecule has 1 aromatic heterocycles. The lowest BCUT2D eigenvalue weighted by atomic mass is 10.1. The van der Waals surface area contributed by atoms with Gasteiger partial charge in [0.05, 0.1) is 18.4 Å². The Hall–Kier alpha value is -1.13.